The van der Waals surface area contributed by atoms with Crippen LogP contribution in [0.5, 0.6) is 0 Å². The molecule has 0 bridgehead atoms. The molecule has 0 fully saturated rings. The van der Waals surface area contributed by atoms with Crippen molar-refractivity contribution in [3.05, 3.63) is 59.9 Å². The van der Waals surface area contributed by atoms with Gasteiger partial charge >= 0.3 is 0 Å². The van der Waals surface area contributed by atoms with Crippen molar-refractivity contribution in [3.8, 4) is 0 Å². The van der Waals surface area contributed by atoms with E-state index < -0.39 is 0 Å². The average molecular weight is 279 g/mol. The van der Waals surface area contributed by atoms with Gasteiger partial charge in [-0.15, -0.1) is 0 Å². The molecular formula is C18H21N3. The predicted molar refractivity (Wildman–Crippen MR) is 88.8 cm³/mol. The lowest BCUT2D eigenvalue weighted by Crippen LogP contribution is -2.04. The molecule has 2 aromatic carbocycles. The van der Waals surface area contributed by atoms with Crippen molar-refractivity contribution in [2.24, 2.45) is 0 Å². The van der Waals surface area contributed by atoms with Gasteiger partial charge in [-0.3, -0.25) is 0 Å². The number of rotatable bonds is 5. The highest BCUT2D eigenvalue weighted by molar-refractivity contribution is 5.76. The van der Waals surface area contributed by atoms with Crippen LogP contribution in [0.2, 0.25) is 0 Å². The molecule has 0 unspecified atom stereocenters. The van der Waals surface area contributed by atoms with Crippen molar-refractivity contribution < 1.29 is 0 Å². The van der Waals surface area contributed by atoms with Gasteiger partial charge in [-0.25, -0.2) is 4.98 Å². The van der Waals surface area contributed by atoms with Gasteiger partial charge in [-0.1, -0.05) is 31.2 Å². The zero-order chi connectivity index (χ0) is 14.7. The first-order chi connectivity index (χ1) is 10.3. The number of fused-ring (bicyclic) bond motifs is 1. The van der Waals surface area contributed by atoms with Crippen molar-refractivity contribution in [1.82, 2.24) is 9.55 Å². The third-order valence-electron chi connectivity index (χ3n) is 3.76. The molecule has 0 saturated heterocycles. The number of nitrogens with one attached hydrogen (secondary N) is 1. The summed E-state index contributed by atoms with van der Waals surface area (Å²) in [5.74, 6) is 1.14. The lowest BCUT2D eigenvalue weighted by Gasteiger charge is -2.09. The Morgan fingerprint density at radius 1 is 1.10 bits per heavy atom. The number of nitrogens with zero attached hydrogens (tertiary/aromatic N) is 2. The summed E-state index contributed by atoms with van der Waals surface area (Å²) in [6, 6.07) is 16.9. The fourth-order valence-corrected chi connectivity index (χ4v) is 2.75. The fraction of sp³-hybridized carbons (Fsp3) is 0.278. The molecule has 21 heavy (non-hydrogen) atoms. The van der Waals surface area contributed by atoms with Crippen molar-refractivity contribution >= 4 is 16.7 Å². The average Bonchev–Trinajstić information content (AvgIpc) is 2.86. The smallest absolute Gasteiger partial charge is 0.114 e. The van der Waals surface area contributed by atoms with E-state index >= 15 is 0 Å². The molecule has 108 valence electrons. The van der Waals surface area contributed by atoms with Gasteiger partial charge in [-0.2, -0.15) is 0 Å². The fourth-order valence-electron chi connectivity index (χ4n) is 2.75. The number of imidazole rings is 1. The van der Waals surface area contributed by atoms with Gasteiger partial charge in [0.05, 0.1) is 11.0 Å². The molecule has 3 rings (SSSR count). The van der Waals surface area contributed by atoms with Crippen LogP contribution in [0.4, 0.5) is 5.69 Å². The van der Waals surface area contributed by atoms with Crippen molar-refractivity contribution in [1.29, 1.82) is 0 Å². The summed E-state index contributed by atoms with van der Waals surface area (Å²) in [6.07, 6.45) is 1.98. The number of para-hydroxylation sites is 2. The van der Waals surface area contributed by atoms with E-state index in [1.54, 1.807) is 0 Å². The molecule has 0 aliphatic rings. The van der Waals surface area contributed by atoms with Gasteiger partial charge in [-0.05, 0) is 36.2 Å². The predicted octanol–water partition coefficient (Wildman–Crippen LogP) is 4.08. The number of anilines is 1. The Labute approximate surface area is 125 Å². The summed E-state index contributed by atoms with van der Waals surface area (Å²) >= 11 is 0. The van der Waals surface area contributed by atoms with Gasteiger partial charge in [0, 0.05) is 25.7 Å². The van der Waals surface area contributed by atoms with E-state index in [1.165, 1.54) is 11.1 Å². The molecule has 0 aliphatic heterocycles. The minimum absolute atomic E-state index is 0.865. The summed E-state index contributed by atoms with van der Waals surface area (Å²) < 4.78 is 2.35. The third kappa shape index (κ3) is 2.77. The first-order valence-corrected chi connectivity index (χ1v) is 7.52. The lowest BCUT2D eigenvalue weighted by molar-refractivity contribution is 0.664. The summed E-state index contributed by atoms with van der Waals surface area (Å²) in [4.78, 5) is 4.82. The van der Waals surface area contributed by atoms with Gasteiger partial charge < -0.3 is 9.88 Å². The Morgan fingerprint density at radius 3 is 2.76 bits per heavy atom. The third-order valence-corrected chi connectivity index (χ3v) is 3.76. The zero-order valence-corrected chi connectivity index (χ0v) is 12.6. The molecule has 3 heteroatoms. The molecule has 3 aromatic rings. The summed E-state index contributed by atoms with van der Waals surface area (Å²) in [7, 11) is 1.95. The number of hydrogen-bond acceptors (Lipinski definition) is 2. The summed E-state index contributed by atoms with van der Waals surface area (Å²) in [5.41, 5.74) is 4.75. The van der Waals surface area contributed by atoms with E-state index in [0.717, 1.165) is 36.4 Å². The number of aryl methyl sites for hydroxylation is 1. The van der Waals surface area contributed by atoms with Gasteiger partial charge in [0.15, 0.2) is 0 Å². The summed E-state index contributed by atoms with van der Waals surface area (Å²) in [6.45, 7) is 3.22. The van der Waals surface area contributed by atoms with E-state index in [9.17, 15) is 0 Å². The molecule has 1 N–H and O–H groups in total. The topological polar surface area (TPSA) is 29.9 Å². The maximum absolute atomic E-state index is 4.82. The Kier molecular flexibility index (Phi) is 3.91. The maximum Gasteiger partial charge on any atom is 0.114 e. The quantitative estimate of drug-likeness (QED) is 0.762. The van der Waals surface area contributed by atoms with Crippen molar-refractivity contribution in [2.75, 3.05) is 12.4 Å². The summed E-state index contributed by atoms with van der Waals surface area (Å²) in [5, 5.41) is 3.19. The number of hydrogen-bond donors (Lipinski definition) is 1. The van der Waals surface area contributed by atoms with Crippen LogP contribution in [0.25, 0.3) is 11.0 Å². The van der Waals surface area contributed by atoms with E-state index in [4.69, 9.17) is 4.98 Å². The molecule has 0 aliphatic carbocycles. The highest BCUT2D eigenvalue weighted by Crippen LogP contribution is 2.20. The van der Waals surface area contributed by atoms with E-state index in [-0.39, 0.29) is 0 Å². The van der Waals surface area contributed by atoms with Gasteiger partial charge in [0.1, 0.15) is 5.82 Å². The molecule has 0 saturated carbocycles. The zero-order valence-electron chi connectivity index (χ0n) is 12.6. The van der Waals surface area contributed by atoms with Crippen LogP contribution >= 0.6 is 0 Å². The standard InChI is InChI=1S/C18H21N3/c1-3-11-21-17-10-5-4-9-16(17)20-18(21)13-14-7-6-8-15(12-14)19-2/h4-10,12,19H,3,11,13H2,1-2H3. The molecule has 0 atom stereocenters. The minimum Gasteiger partial charge on any atom is -0.388 e. The van der Waals surface area contributed by atoms with E-state index in [2.05, 4.69) is 65.3 Å². The minimum atomic E-state index is 0.865. The molecular weight excluding hydrogens is 258 g/mol. The van der Waals surface area contributed by atoms with Crippen LogP contribution in [0.15, 0.2) is 48.5 Å². The Morgan fingerprint density at radius 2 is 1.95 bits per heavy atom. The second-order valence-corrected chi connectivity index (χ2v) is 5.30. The molecule has 0 amide bonds. The van der Waals surface area contributed by atoms with Crippen molar-refractivity contribution in [2.45, 2.75) is 26.3 Å². The first-order valence-electron chi connectivity index (χ1n) is 7.52. The van der Waals surface area contributed by atoms with Crippen LogP contribution < -0.4 is 5.32 Å². The molecule has 0 spiro atoms. The van der Waals surface area contributed by atoms with Gasteiger partial charge in [0.2, 0.25) is 0 Å². The normalized spacial score (nSPS) is 11.0. The maximum atomic E-state index is 4.82. The van der Waals surface area contributed by atoms with E-state index in [0.29, 0.717) is 0 Å². The van der Waals surface area contributed by atoms with Crippen LogP contribution in [0.1, 0.15) is 24.7 Å². The highest BCUT2D eigenvalue weighted by atomic mass is 15.1. The van der Waals surface area contributed by atoms with Crippen molar-refractivity contribution in [3.63, 3.8) is 0 Å². The van der Waals surface area contributed by atoms with Crippen LogP contribution in [0.3, 0.4) is 0 Å². The Bertz CT molecular complexity index is 743. The molecule has 3 nitrogen and oxygen atoms in total. The Hall–Kier alpha value is -2.29. The van der Waals surface area contributed by atoms with Crippen LogP contribution in [-0.4, -0.2) is 16.6 Å². The van der Waals surface area contributed by atoms with Crippen LogP contribution in [-0.2, 0) is 13.0 Å². The SMILES string of the molecule is CCCn1c(Cc2cccc(NC)c2)nc2ccccc21. The monoisotopic (exact) mass is 279 g/mol. The van der Waals surface area contributed by atoms with Crippen LogP contribution in [0, 0.1) is 0 Å². The molecule has 1 heterocycles. The molecule has 1 aromatic heterocycles. The first kappa shape index (κ1) is 13.7. The van der Waals surface area contributed by atoms with E-state index in [1.807, 2.05) is 7.05 Å². The van der Waals surface area contributed by atoms with Gasteiger partial charge in [0.25, 0.3) is 0 Å². The Balaban J connectivity index is 2.00. The second-order valence-electron chi connectivity index (χ2n) is 5.30. The highest BCUT2D eigenvalue weighted by Gasteiger charge is 2.10. The number of aromatic nitrogens is 2. The molecule has 0 radical (unpaired) electrons. The number of benzene rings is 2. The second kappa shape index (κ2) is 6.00. The lowest BCUT2D eigenvalue weighted by atomic mass is 10.1. The largest absolute Gasteiger partial charge is 0.388 e.